The maximum Gasteiger partial charge on any atom is 0.0718 e. The van der Waals surface area contributed by atoms with Crippen molar-refractivity contribution >= 4 is 11.8 Å². The minimum atomic E-state index is 1.12. The third-order valence-corrected chi connectivity index (χ3v) is 2.44. The van der Waals surface area contributed by atoms with Gasteiger partial charge in [0.2, 0.25) is 0 Å². The van der Waals surface area contributed by atoms with Crippen LogP contribution in [-0.2, 0) is 0 Å². The normalized spacial score (nSPS) is 21.5. The average molecular weight is 156 g/mol. The third kappa shape index (κ3) is 2.65. The Labute approximate surface area is 67.3 Å². The van der Waals surface area contributed by atoms with E-state index in [4.69, 9.17) is 0 Å². The van der Waals surface area contributed by atoms with Crippen molar-refractivity contribution < 1.29 is 0 Å². The summed E-state index contributed by atoms with van der Waals surface area (Å²) >= 11 is 1.89. The van der Waals surface area contributed by atoms with E-state index in [9.17, 15) is 0 Å². The molecule has 1 radical (unpaired) electrons. The minimum Gasteiger partial charge on any atom is -0.379 e. The first-order valence-electron chi connectivity index (χ1n) is 3.91. The van der Waals surface area contributed by atoms with Crippen LogP contribution in [0.15, 0.2) is 5.03 Å². The first-order valence-corrected chi connectivity index (χ1v) is 4.89. The predicted octanol–water partition coefficient (Wildman–Crippen LogP) is 2.16. The Balaban J connectivity index is 2.12. The molecule has 57 valence electrons. The van der Waals surface area contributed by atoms with Gasteiger partial charge < -0.3 is 5.32 Å². The van der Waals surface area contributed by atoms with E-state index in [0.29, 0.717) is 0 Å². The van der Waals surface area contributed by atoms with Crippen LogP contribution in [0.3, 0.4) is 0 Å². The number of unbranched alkanes of at least 4 members (excludes halogenated alkanes) is 2. The van der Waals surface area contributed by atoms with Gasteiger partial charge in [-0.25, -0.2) is 0 Å². The Morgan fingerprint density at radius 2 is 2.60 bits per heavy atom. The fourth-order valence-corrected chi connectivity index (χ4v) is 1.68. The smallest absolute Gasteiger partial charge is 0.0718 e. The van der Waals surface area contributed by atoms with Gasteiger partial charge in [0.25, 0.3) is 0 Å². The van der Waals surface area contributed by atoms with Gasteiger partial charge >= 0.3 is 0 Å². The molecule has 1 aliphatic heterocycles. The first-order chi connectivity index (χ1) is 4.93. The zero-order valence-electron chi connectivity index (χ0n) is 6.44. The molecule has 0 atom stereocenters. The summed E-state index contributed by atoms with van der Waals surface area (Å²) in [6.07, 6.45) is 7.01. The monoisotopic (exact) mass is 156 g/mol. The van der Waals surface area contributed by atoms with E-state index in [-0.39, 0.29) is 0 Å². The predicted molar refractivity (Wildman–Crippen MR) is 46.7 cm³/mol. The number of rotatable bonds is 3. The van der Waals surface area contributed by atoms with Crippen molar-refractivity contribution in [2.45, 2.75) is 26.2 Å². The number of hydrogen-bond acceptors (Lipinski definition) is 2. The van der Waals surface area contributed by atoms with Crippen LogP contribution in [0, 0.1) is 6.08 Å². The molecule has 2 heteroatoms. The molecule has 1 fully saturated rings. The van der Waals surface area contributed by atoms with Gasteiger partial charge in [0, 0.05) is 12.3 Å². The number of thioether (sulfide) groups is 1. The summed E-state index contributed by atoms with van der Waals surface area (Å²) in [5.74, 6) is 1.22. The van der Waals surface area contributed by atoms with Crippen molar-refractivity contribution in [3.63, 3.8) is 0 Å². The van der Waals surface area contributed by atoms with E-state index in [1.807, 2.05) is 11.8 Å². The van der Waals surface area contributed by atoms with Crippen LogP contribution in [0.5, 0.6) is 0 Å². The molecule has 1 aliphatic rings. The lowest BCUT2D eigenvalue weighted by Crippen LogP contribution is -2.04. The van der Waals surface area contributed by atoms with Crippen LogP contribution in [0.25, 0.3) is 0 Å². The molecular formula is C8H14NS. The first kappa shape index (κ1) is 7.99. The number of hydrogen-bond donors (Lipinski definition) is 1. The van der Waals surface area contributed by atoms with E-state index >= 15 is 0 Å². The van der Waals surface area contributed by atoms with E-state index in [1.165, 1.54) is 23.6 Å². The summed E-state index contributed by atoms with van der Waals surface area (Å²) in [7, 11) is 0. The molecule has 10 heavy (non-hydrogen) atoms. The van der Waals surface area contributed by atoms with Gasteiger partial charge in [-0.1, -0.05) is 13.3 Å². The summed E-state index contributed by atoms with van der Waals surface area (Å²) < 4.78 is 0. The molecule has 1 saturated heterocycles. The van der Waals surface area contributed by atoms with Crippen molar-refractivity contribution in [2.75, 3.05) is 12.3 Å². The summed E-state index contributed by atoms with van der Waals surface area (Å²) in [5.41, 5.74) is 0. The van der Waals surface area contributed by atoms with E-state index < -0.39 is 0 Å². The van der Waals surface area contributed by atoms with Crippen LogP contribution in [0.1, 0.15) is 26.2 Å². The molecule has 0 aromatic carbocycles. The van der Waals surface area contributed by atoms with E-state index in [1.54, 1.807) is 0 Å². The zero-order valence-corrected chi connectivity index (χ0v) is 7.26. The topological polar surface area (TPSA) is 12.0 Å². The number of allylic oxidation sites excluding steroid dienone is 1. The maximum atomic E-state index is 3.35. The lowest BCUT2D eigenvalue weighted by atomic mass is 10.2. The number of nitrogens with one attached hydrogen (secondary N) is 1. The third-order valence-electron chi connectivity index (χ3n) is 1.45. The molecule has 1 heterocycles. The zero-order chi connectivity index (χ0) is 7.23. The second kappa shape index (κ2) is 4.67. The van der Waals surface area contributed by atoms with Crippen LogP contribution >= 0.6 is 11.8 Å². The van der Waals surface area contributed by atoms with Crippen molar-refractivity contribution in [1.29, 1.82) is 0 Å². The second-order valence-corrected chi connectivity index (χ2v) is 3.49. The van der Waals surface area contributed by atoms with Gasteiger partial charge in [0.05, 0.1) is 5.03 Å². The maximum absolute atomic E-state index is 3.35. The lowest BCUT2D eigenvalue weighted by molar-refractivity contribution is 0.794. The lowest BCUT2D eigenvalue weighted by Gasteiger charge is -1.94. The van der Waals surface area contributed by atoms with Gasteiger partial charge in [0.1, 0.15) is 0 Å². The SMILES string of the molecule is CCCC/[C]=C1\NCCS1. The highest BCUT2D eigenvalue weighted by atomic mass is 32.2. The van der Waals surface area contributed by atoms with Crippen LogP contribution < -0.4 is 5.32 Å². The molecule has 0 saturated carbocycles. The molecule has 0 bridgehead atoms. The quantitative estimate of drug-likeness (QED) is 0.628. The van der Waals surface area contributed by atoms with Gasteiger partial charge in [-0.3, -0.25) is 0 Å². The summed E-state index contributed by atoms with van der Waals surface area (Å²) in [6.45, 7) is 3.33. The van der Waals surface area contributed by atoms with Crippen LogP contribution in [0.4, 0.5) is 0 Å². The van der Waals surface area contributed by atoms with Crippen molar-refractivity contribution in [1.82, 2.24) is 5.32 Å². The van der Waals surface area contributed by atoms with Gasteiger partial charge in [-0.05, 0) is 18.9 Å². The van der Waals surface area contributed by atoms with Crippen molar-refractivity contribution in [3.05, 3.63) is 11.1 Å². The molecule has 1 nitrogen and oxygen atoms in total. The van der Waals surface area contributed by atoms with Crippen LogP contribution in [0.2, 0.25) is 0 Å². The van der Waals surface area contributed by atoms with Gasteiger partial charge in [-0.15, -0.1) is 11.8 Å². The van der Waals surface area contributed by atoms with E-state index in [2.05, 4.69) is 18.3 Å². The average Bonchev–Trinajstić information content (AvgIpc) is 2.41. The van der Waals surface area contributed by atoms with Gasteiger partial charge in [0.15, 0.2) is 0 Å². The molecule has 0 aromatic heterocycles. The molecular weight excluding hydrogens is 142 g/mol. The van der Waals surface area contributed by atoms with E-state index in [0.717, 1.165) is 13.0 Å². The fraction of sp³-hybridized carbons (Fsp3) is 0.750. The standard InChI is InChI=1S/C8H14NS/c1-2-3-4-5-8-9-6-7-10-8/h9H,2-4,6-7H2,1H3. The largest absolute Gasteiger partial charge is 0.379 e. The molecule has 0 aromatic rings. The molecule has 1 N–H and O–H groups in total. The summed E-state index contributed by atoms with van der Waals surface area (Å²) in [6, 6.07) is 0. The Hall–Kier alpha value is -0.110. The highest BCUT2D eigenvalue weighted by Crippen LogP contribution is 2.17. The molecule has 0 spiro atoms. The Bertz CT molecular complexity index is 112. The minimum absolute atomic E-state index is 1.12. The van der Waals surface area contributed by atoms with Crippen molar-refractivity contribution in [2.24, 2.45) is 0 Å². The van der Waals surface area contributed by atoms with Crippen molar-refractivity contribution in [3.8, 4) is 0 Å². The van der Waals surface area contributed by atoms with Gasteiger partial charge in [-0.2, -0.15) is 0 Å². The molecule has 0 aliphatic carbocycles. The second-order valence-electron chi connectivity index (χ2n) is 2.38. The van der Waals surface area contributed by atoms with Crippen LogP contribution in [-0.4, -0.2) is 12.3 Å². The fourth-order valence-electron chi connectivity index (χ4n) is 0.861. The molecule has 0 amide bonds. The Kier molecular flexibility index (Phi) is 3.73. The highest BCUT2D eigenvalue weighted by Gasteiger charge is 2.03. The highest BCUT2D eigenvalue weighted by molar-refractivity contribution is 8.03. The summed E-state index contributed by atoms with van der Waals surface area (Å²) in [5, 5.41) is 4.56. The molecule has 0 unspecified atom stereocenters. The Morgan fingerprint density at radius 1 is 1.70 bits per heavy atom. The summed E-state index contributed by atoms with van der Waals surface area (Å²) in [4.78, 5) is 0. The Morgan fingerprint density at radius 3 is 3.20 bits per heavy atom. The molecule has 1 rings (SSSR count).